The molecule has 0 saturated heterocycles. The molecule has 134 valence electrons. The zero-order valence-electron chi connectivity index (χ0n) is 14.3. The highest BCUT2D eigenvalue weighted by Crippen LogP contribution is 2.34. The maximum Gasteiger partial charge on any atom is 0.228 e. The van der Waals surface area contributed by atoms with Crippen molar-refractivity contribution < 1.29 is 9.18 Å². The van der Waals surface area contributed by atoms with Crippen LogP contribution < -0.4 is 5.73 Å². The summed E-state index contributed by atoms with van der Waals surface area (Å²) in [4.78, 5) is 16.8. The number of carbonyl (C=O) groups excluding carboxylic acids is 1. The van der Waals surface area contributed by atoms with Crippen molar-refractivity contribution in [3.05, 3.63) is 65.5 Å². The van der Waals surface area contributed by atoms with Gasteiger partial charge in [0.25, 0.3) is 0 Å². The molecule has 1 aromatic carbocycles. The summed E-state index contributed by atoms with van der Waals surface area (Å²) in [7, 11) is 1.92. The van der Waals surface area contributed by atoms with Gasteiger partial charge in [0.2, 0.25) is 5.78 Å². The van der Waals surface area contributed by atoms with Crippen molar-refractivity contribution in [2.24, 2.45) is 12.8 Å². The Morgan fingerprint density at radius 1 is 1.27 bits per heavy atom. The van der Waals surface area contributed by atoms with Crippen LogP contribution in [0.2, 0.25) is 0 Å². The van der Waals surface area contributed by atoms with Crippen molar-refractivity contribution in [3.63, 3.8) is 0 Å². The third-order valence-corrected chi connectivity index (χ3v) is 4.88. The minimum Gasteiger partial charge on any atom is -0.328 e. The summed E-state index contributed by atoms with van der Waals surface area (Å²) in [5.41, 5.74) is 6.25. The second-order valence-corrected chi connectivity index (χ2v) is 6.68. The summed E-state index contributed by atoms with van der Waals surface area (Å²) in [6.45, 7) is 0.380. The quantitative estimate of drug-likeness (QED) is 0.703. The number of aromatic nitrogens is 5. The maximum absolute atomic E-state index is 13.1. The number of nitrogens with zero attached hydrogens (tertiary/aromatic N) is 5. The lowest BCUT2D eigenvalue weighted by atomic mass is 9.80. The average molecular weight is 354 g/mol. The summed E-state index contributed by atoms with van der Waals surface area (Å²) in [6, 6.07) is 5.68. The molecule has 26 heavy (non-hydrogen) atoms. The minimum absolute atomic E-state index is 0.244. The van der Waals surface area contributed by atoms with Crippen LogP contribution in [0.25, 0.3) is 0 Å². The van der Waals surface area contributed by atoms with Gasteiger partial charge in [0.1, 0.15) is 11.6 Å². The smallest absolute Gasteiger partial charge is 0.228 e. The maximum atomic E-state index is 13.1. The molecule has 0 atom stereocenters. The van der Waals surface area contributed by atoms with Crippen molar-refractivity contribution >= 4 is 5.78 Å². The van der Waals surface area contributed by atoms with E-state index in [-0.39, 0.29) is 23.5 Å². The zero-order valence-corrected chi connectivity index (χ0v) is 14.3. The number of nitrogens with two attached hydrogens (primary N) is 1. The first-order valence-electron chi connectivity index (χ1n) is 8.48. The van der Waals surface area contributed by atoms with Gasteiger partial charge in [-0.05, 0) is 37.1 Å². The molecule has 3 aromatic rings. The van der Waals surface area contributed by atoms with Crippen LogP contribution in [0.4, 0.5) is 4.39 Å². The Morgan fingerprint density at radius 2 is 2.00 bits per heavy atom. The molecular formula is C18H19FN6O. The molecule has 1 saturated carbocycles. The van der Waals surface area contributed by atoms with Gasteiger partial charge in [-0.15, -0.1) is 10.2 Å². The number of hydrogen-bond acceptors (Lipinski definition) is 5. The van der Waals surface area contributed by atoms with Gasteiger partial charge in [-0.1, -0.05) is 0 Å². The highest BCUT2D eigenvalue weighted by atomic mass is 19.1. The Kier molecular flexibility index (Phi) is 4.12. The predicted octanol–water partition coefficient (Wildman–Crippen LogP) is 1.63. The number of ketones is 1. The molecule has 2 N–H and O–H groups in total. The fourth-order valence-electron chi connectivity index (χ4n) is 3.27. The van der Waals surface area contributed by atoms with Crippen LogP contribution in [0.15, 0.2) is 36.7 Å². The third-order valence-electron chi connectivity index (χ3n) is 4.88. The molecule has 4 rings (SSSR count). The Labute approximate surface area is 149 Å². The molecule has 8 heteroatoms. The van der Waals surface area contributed by atoms with Gasteiger partial charge in [-0.25, -0.2) is 9.37 Å². The van der Waals surface area contributed by atoms with E-state index >= 15 is 0 Å². The molecule has 0 aliphatic heterocycles. The monoisotopic (exact) mass is 354 g/mol. The van der Waals surface area contributed by atoms with Gasteiger partial charge in [-0.3, -0.25) is 4.79 Å². The SMILES string of the molecule is Cn1c(Cn2ccnc2C(=O)c2ccc(F)cc2)nnc1C1CC(N)C1. The minimum atomic E-state index is -0.382. The van der Waals surface area contributed by atoms with Crippen molar-refractivity contribution in [3.8, 4) is 0 Å². The van der Waals surface area contributed by atoms with Gasteiger partial charge in [0, 0.05) is 37.0 Å². The van der Waals surface area contributed by atoms with Crippen molar-refractivity contribution in [2.75, 3.05) is 0 Å². The van der Waals surface area contributed by atoms with Gasteiger partial charge >= 0.3 is 0 Å². The van der Waals surface area contributed by atoms with Crippen molar-refractivity contribution in [2.45, 2.75) is 31.3 Å². The summed E-state index contributed by atoms with van der Waals surface area (Å²) in [5.74, 6) is 1.65. The number of imidazole rings is 1. The highest BCUT2D eigenvalue weighted by molar-refractivity contribution is 6.06. The number of carbonyl (C=O) groups is 1. The number of hydrogen-bond donors (Lipinski definition) is 1. The molecule has 2 heterocycles. The van der Waals surface area contributed by atoms with Crippen molar-refractivity contribution in [1.29, 1.82) is 0 Å². The van der Waals surface area contributed by atoms with E-state index in [4.69, 9.17) is 5.73 Å². The highest BCUT2D eigenvalue weighted by Gasteiger charge is 2.31. The molecular weight excluding hydrogens is 335 g/mol. The Hall–Kier alpha value is -2.87. The van der Waals surface area contributed by atoms with Gasteiger partial charge in [0.05, 0.1) is 6.54 Å². The van der Waals surface area contributed by atoms with E-state index in [1.54, 1.807) is 17.0 Å². The molecule has 0 amide bonds. The fourth-order valence-corrected chi connectivity index (χ4v) is 3.27. The van der Waals surface area contributed by atoms with Crippen LogP contribution >= 0.6 is 0 Å². The number of halogens is 1. The van der Waals surface area contributed by atoms with Crippen LogP contribution in [-0.4, -0.2) is 36.1 Å². The molecule has 1 aliphatic carbocycles. The Balaban J connectivity index is 1.56. The van der Waals surface area contributed by atoms with E-state index in [0.29, 0.717) is 18.0 Å². The molecule has 0 radical (unpaired) electrons. The number of rotatable bonds is 5. The summed E-state index contributed by atoms with van der Waals surface area (Å²) < 4.78 is 16.8. The van der Waals surface area contributed by atoms with Crippen molar-refractivity contribution in [1.82, 2.24) is 24.3 Å². The first-order chi connectivity index (χ1) is 12.5. The second kappa shape index (κ2) is 6.45. The second-order valence-electron chi connectivity index (χ2n) is 6.68. The van der Waals surface area contributed by atoms with Crippen LogP contribution in [-0.2, 0) is 13.6 Å². The van der Waals surface area contributed by atoms with Gasteiger partial charge in [-0.2, -0.15) is 0 Å². The summed E-state index contributed by atoms with van der Waals surface area (Å²) in [6.07, 6.45) is 5.14. The summed E-state index contributed by atoms with van der Waals surface area (Å²) >= 11 is 0. The van der Waals surface area contributed by atoms with E-state index in [2.05, 4.69) is 15.2 Å². The molecule has 1 aliphatic rings. The van der Waals surface area contributed by atoms with E-state index < -0.39 is 0 Å². The first kappa shape index (κ1) is 16.6. The lowest BCUT2D eigenvalue weighted by molar-refractivity contribution is 0.102. The van der Waals surface area contributed by atoms with Gasteiger partial charge in [0.15, 0.2) is 11.6 Å². The molecule has 1 fully saturated rings. The molecule has 0 bridgehead atoms. The Bertz CT molecular complexity index is 939. The molecule has 0 unspecified atom stereocenters. The predicted molar refractivity (Wildman–Crippen MR) is 92.1 cm³/mol. The Morgan fingerprint density at radius 3 is 2.69 bits per heavy atom. The first-order valence-corrected chi connectivity index (χ1v) is 8.48. The standard InChI is InChI=1S/C18H19FN6O/c1-24-15(22-23-17(24)12-8-14(20)9-12)10-25-7-6-21-18(25)16(26)11-2-4-13(19)5-3-11/h2-7,12,14H,8-10,20H2,1H3. The molecule has 7 nitrogen and oxygen atoms in total. The van der Waals surface area contributed by atoms with E-state index in [1.165, 1.54) is 24.3 Å². The van der Waals surface area contributed by atoms with Crippen LogP contribution in [0.5, 0.6) is 0 Å². The van der Waals surface area contributed by atoms with E-state index in [1.807, 2.05) is 11.6 Å². The lowest BCUT2D eigenvalue weighted by Crippen LogP contribution is -2.36. The molecule has 0 spiro atoms. The topological polar surface area (TPSA) is 91.6 Å². The van der Waals surface area contributed by atoms with Gasteiger partial charge < -0.3 is 14.9 Å². The molecule has 2 aromatic heterocycles. The third kappa shape index (κ3) is 2.92. The zero-order chi connectivity index (χ0) is 18.3. The van der Waals surface area contributed by atoms with Crippen LogP contribution in [0.3, 0.4) is 0 Å². The van der Waals surface area contributed by atoms with E-state index in [0.717, 1.165) is 24.5 Å². The van der Waals surface area contributed by atoms with E-state index in [9.17, 15) is 9.18 Å². The lowest BCUT2D eigenvalue weighted by Gasteiger charge is -2.31. The number of benzene rings is 1. The summed E-state index contributed by atoms with van der Waals surface area (Å²) in [5, 5.41) is 8.56. The largest absolute Gasteiger partial charge is 0.328 e. The normalized spacial score (nSPS) is 19.3. The average Bonchev–Trinajstić information content (AvgIpc) is 3.20. The van der Waals surface area contributed by atoms with Crippen LogP contribution in [0, 0.1) is 5.82 Å². The fraction of sp³-hybridized carbons (Fsp3) is 0.333. The van der Waals surface area contributed by atoms with Crippen LogP contribution in [0.1, 0.15) is 46.6 Å².